The van der Waals surface area contributed by atoms with Gasteiger partial charge in [-0.1, -0.05) is 13.8 Å². The van der Waals surface area contributed by atoms with Gasteiger partial charge in [0.25, 0.3) is 0 Å². The summed E-state index contributed by atoms with van der Waals surface area (Å²) in [6, 6.07) is 0. The summed E-state index contributed by atoms with van der Waals surface area (Å²) in [4.78, 5) is 13.7. The number of anilines is 1. The smallest absolute Gasteiger partial charge is 0.133 e. The molecule has 2 heterocycles. The highest BCUT2D eigenvalue weighted by atomic mass is 15.1. The van der Waals surface area contributed by atoms with Crippen molar-refractivity contribution in [3.63, 3.8) is 0 Å². The highest BCUT2D eigenvalue weighted by Gasteiger charge is 2.14. The Morgan fingerprint density at radius 2 is 2.05 bits per heavy atom. The van der Waals surface area contributed by atoms with E-state index in [4.69, 9.17) is 4.98 Å². The number of aryl methyl sites for hydroxylation is 1. The Hall–Kier alpha value is -1.91. The normalized spacial score (nSPS) is 11.1. The van der Waals surface area contributed by atoms with Crippen LogP contribution >= 0.6 is 0 Å². The summed E-state index contributed by atoms with van der Waals surface area (Å²) in [7, 11) is 1.90. The van der Waals surface area contributed by atoms with Crippen LogP contribution in [0.2, 0.25) is 0 Å². The summed E-state index contributed by atoms with van der Waals surface area (Å²) >= 11 is 0. The highest BCUT2D eigenvalue weighted by molar-refractivity contribution is 5.46. The number of nitrogens with one attached hydrogen (secondary N) is 1. The Balaban J connectivity index is 2.42. The predicted molar refractivity (Wildman–Crippen MR) is 81.1 cm³/mol. The Morgan fingerprint density at radius 1 is 1.30 bits per heavy atom. The minimum Gasteiger partial charge on any atom is -0.373 e. The number of hydrogen-bond acceptors (Lipinski definition) is 4. The molecule has 0 aliphatic rings. The van der Waals surface area contributed by atoms with E-state index in [1.54, 1.807) is 0 Å². The van der Waals surface area contributed by atoms with Crippen LogP contribution in [0.5, 0.6) is 0 Å². The summed E-state index contributed by atoms with van der Waals surface area (Å²) in [5, 5.41) is 3.16. The second-order valence-corrected chi connectivity index (χ2v) is 5.21. The number of hydrogen-bond donors (Lipinski definition) is 1. The van der Waals surface area contributed by atoms with Gasteiger partial charge in [0.05, 0.1) is 5.69 Å². The van der Waals surface area contributed by atoms with Gasteiger partial charge in [0, 0.05) is 43.9 Å². The van der Waals surface area contributed by atoms with Crippen LogP contribution in [0.3, 0.4) is 0 Å². The first-order valence-electron chi connectivity index (χ1n) is 7.12. The van der Waals surface area contributed by atoms with Crippen LogP contribution in [0.25, 0.3) is 0 Å². The van der Waals surface area contributed by atoms with Crippen LogP contribution < -0.4 is 5.32 Å². The van der Waals surface area contributed by atoms with Crippen molar-refractivity contribution in [3.05, 3.63) is 35.3 Å². The first-order chi connectivity index (χ1) is 9.56. The van der Waals surface area contributed by atoms with E-state index in [0.717, 1.165) is 41.7 Å². The van der Waals surface area contributed by atoms with Crippen molar-refractivity contribution in [2.24, 2.45) is 0 Å². The maximum atomic E-state index is 4.73. The summed E-state index contributed by atoms with van der Waals surface area (Å²) in [5.74, 6) is 3.15. The van der Waals surface area contributed by atoms with Gasteiger partial charge < -0.3 is 9.88 Å². The summed E-state index contributed by atoms with van der Waals surface area (Å²) < 4.78 is 2.15. The first-order valence-corrected chi connectivity index (χ1v) is 7.12. The molecule has 108 valence electrons. The van der Waals surface area contributed by atoms with Gasteiger partial charge in [-0.15, -0.1) is 0 Å². The van der Waals surface area contributed by atoms with E-state index < -0.39 is 0 Å². The van der Waals surface area contributed by atoms with Crippen molar-refractivity contribution >= 4 is 5.82 Å². The molecule has 0 atom stereocenters. The molecule has 0 unspecified atom stereocenters. The van der Waals surface area contributed by atoms with Gasteiger partial charge in [0.15, 0.2) is 0 Å². The van der Waals surface area contributed by atoms with Gasteiger partial charge in [0.1, 0.15) is 17.5 Å². The Labute approximate surface area is 120 Å². The first kappa shape index (κ1) is 14.5. The molecule has 20 heavy (non-hydrogen) atoms. The van der Waals surface area contributed by atoms with Crippen molar-refractivity contribution in [2.45, 2.75) is 46.6 Å². The number of imidazole rings is 1. The molecule has 0 spiro atoms. The summed E-state index contributed by atoms with van der Waals surface area (Å²) in [5.41, 5.74) is 2.15. The van der Waals surface area contributed by atoms with E-state index in [1.807, 2.05) is 19.4 Å². The number of rotatable bonds is 5. The predicted octanol–water partition coefficient (Wildman–Crippen LogP) is 2.76. The van der Waals surface area contributed by atoms with Gasteiger partial charge in [0.2, 0.25) is 0 Å². The van der Waals surface area contributed by atoms with Crippen molar-refractivity contribution < 1.29 is 0 Å². The van der Waals surface area contributed by atoms with Crippen LogP contribution in [0.1, 0.15) is 49.6 Å². The quantitative estimate of drug-likeness (QED) is 0.910. The fraction of sp³-hybridized carbons (Fsp3) is 0.533. The highest BCUT2D eigenvalue weighted by Crippen LogP contribution is 2.21. The molecule has 2 aromatic heterocycles. The molecular formula is C15H23N5. The zero-order valence-corrected chi connectivity index (χ0v) is 12.9. The lowest BCUT2D eigenvalue weighted by molar-refractivity contribution is 0.698. The van der Waals surface area contributed by atoms with E-state index in [1.165, 1.54) is 0 Å². The van der Waals surface area contributed by atoms with Crippen LogP contribution in [0.15, 0.2) is 12.4 Å². The molecule has 0 aromatic carbocycles. The summed E-state index contributed by atoms with van der Waals surface area (Å²) in [6.45, 7) is 9.33. The molecule has 2 aromatic rings. The third-order valence-electron chi connectivity index (χ3n) is 3.49. The van der Waals surface area contributed by atoms with Gasteiger partial charge in [-0.05, 0) is 13.8 Å². The van der Waals surface area contributed by atoms with E-state index in [2.05, 4.69) is 47.5 Å². The molecule has 0 saturated heterocycles. The van der Waals surface area contributed by atoms with Crippen LogP contribution in [-0.4, -0.2) is 26.6 Å². The lowest BCUT2D eigenvalue weighted by Crippen LogP contribution is -2.11. The molecule has 0 aliphatic heterocycles. The number of nitrogens with zero attached hydrogens (tertiary/aromatic N) is 4. The summed E-state index contributed by atoms with van der Waals surface area (Å²) in [6.07, 6.45) is 4.59. The largest absolute Gasteiger partial charge is 0.373 e. The molecule has 2 rings (SSSR count). The topological polar surface area (TPSA) is 55.6 Å². The fourth-order valence-corrected chi connectivity index (χ4v) is 2.20. The molecule has 0 aliphatic carbocycles. The molecule has 5 heteroatoms. The molecule has 0 radical (unpaired) electrons. The molecule has 0 fully saturated rings. The maximum Gasteiger partial charge on any atom is 0.133 e. The van der Waals surface area contributed by atoms with Crippen LogP contribution in [0, 0.1) is 6.92 Å². The number of aromatic nitrogens is 4. The van der Waals surface area contributed by atoms with Gasteiger partial charge in [-0.3, -0.25) is 0 Å². The maximum absolute atomic E-state index is 4.73. The second kappa shape index (κ2) is 6.03. The molecule has 0 amide bonds. The van der Waals surface area contributed by atoms with Gasteiger partial charge >= 0.3 is 0 Å². The van der Waals surface area contributed by atoms with E-state index in [9.17, 15) is 0 Å². The lowest BCUT2D eigenvalue weighted by atomic mass is 10.1. The average molecular weight is 273 g/mol. The van der Waals surface area contributed by atoms with E-state index in [-0.39, 0.29) is 0 Å². The average Bonchev–Trinajstić information content (AvgIpc) is 2.88. The zero-order chi connectivity index (χ0) is 14.7. The molecule has 0 bridgehead atoms. The molecule has 0 saturated carbocycles. The lowest BCUT2D eigenvalue weighted by Gasteiger charge is -2.14. The SMILES string of the molecule is CCn1ccnc1Cc1nc(C(C)C)nc(NC)c1C. The molecule has 5 nitrogen and oxygen atoms in total. The van der Waals surface area contributed by atoms with Crippen LogP contribution in [0.4, 0.5) is 5.82 Å². The monoisotopic (exact) mass is 273 g/mol. The van der Waals surface area contributed by atoms with E-state index in [0.29, 0.717) is 5.92 Å². The Bertz CT molecular complexity index is 586. The molecular weight excluding hydrogens is 250 g/mol. The Morgan fingerprint density at radius 3 is 2.65 bits per heavy atom. The van der Waals surface area contributed by atoms with Crippen molar-refractivity contribution in [1.82, 2.24) is 19.5 Å². The van der Waals surface area contributed by atoms with Crippen LogP contribution in [-0.2, 0) is 13.0 Å². The minimum absolute atomic E-state index is 0.312. The standard InChI is InChI=1S/C15H23N5/c1-6-20-8-7-17-13(20)9-12-11(4)15(16-5)19-14(18-12)10(2)3/h7-8,10H,6,9H2,1-5H3,(H,16,18,19). The zero-order valence-electron chi connectivity index (χ0n) is 12.9. The van der Waals surface area contributed by atoms with E-state index >= 15 is 0 Å². The van der Waals surface area contributed by atoms with Crippen molar-refractivity contribution in [2.75, 3.05) is 12.4 Å². The van der Waals surface area contributed by atoms with Gasteiger partial charge in [-0.2, -0.15) is 0 Å². The fourth-order valence-electron chi connectivity index (χ4n) is 2.20. The van der Waals surface area contributed by atoms with Crippen molar-refractivity contribution in [1.29, 1.82) is 0 Å². The van der Waals surface area contributed by atoms with Gasteiger partial charge in [-0.25, -0.2) is 15.0 Å². The second-order valence-electron chi connectivity index (χ2n) is 5.21. The molecule has 1 N–H and O–H groups in total. The third-order valence-corrected chi connectivity index (χ3v) is 3.49. The van der Waals surface area contributed by atoms with Crippen molar-refractivity contribution in [3.8, 4) is 0 Å². The Kier molecular flexibility index (Phi) is 4.37. The minimum atomic E-state index is 0.312. The third kappa shape index (κ3) is 2.81.